The Bertz CT molecular complexity index is 2270. The predicted octanol–water partition coefficient (Wildman–Crippen LogP) is 13.0. The van der Waals surface area contributed by atoms with Gasteiger partial charge >= 0.3 is 17.9 Å². The van der Waals surface area contributed by atoms with Gasteiger partial charge < -0.3 is 14.2 Å². The average molecular weight is 984 g/mol. The first-order chi connectivity index (χ1) is 32.5. The number of fused-ring (bicyclic) bond motifs is 2. The van der Waals surface area contributed by atoms with E-state index in [1.807, 2.05) is 74.5 Å². The van der Waals surface area contributed by atoms with E-state index in [4.69, 9.17) is 14.2 Å². The zero-order chi connectivity index (χ0) is 48.0. The number of unbranched alkanes of at least 4 members (excludes halogenated alkanes) is 3. The van der Waals surface area contributed by atoms with E-state index in [0.29, 0.717) is 53.7 Å². The van der Waals surface area contributed by atoms with Crippen LogP contribution in [0.1, 0.15) is 130 Å². The van der Waals surface area contributed by atoms with Gasteiger partial charge in [0.25, 0.3) is 11.8 Å². The number of benzene rings is 3. The standard InChI is InChI=1S/C52H61N3O8S4/c1-7-13-22-33(10-4)32-61-50(60)38(29-53)51-64-42-40(62-48(58)36(11-5)27-14-8-2)44-45(41(43(42)65-51)63-49(59)37(12-6)28-15-9-3)67-52(66-44)39-46(56)54(30-34-23-18-16-19-24-34)55(47(39)57)31-35-25-20-17-21-26-35/h16-21,23-26,33,36-37H,7-15,22,27-28,30-32H2,1-6H3. The van der Waals surface area contributed by atoms with Crippen molar-refractivity contribution < 1.29 is 38.2 Å². The predicted molar refractivity (Wildman–Crippen MR) is 266 cm³/mol. The number of nitriles is 1. The number of ether oxygens (including phenoxy) is 3. The van der Waals surface area contributed by atoms with E-state index in [9.17, 15) is 29.2 Å². The first kappa shape index (κ1) is 51.8. The molecule has 0 aromatic heterocycles. The van der Waals surface area contributed by atoms with Gasteiger partial charge in [-0.1, -0.05) is 194 Å². The smallest absolute Gasteiger partial charge is 0.350 e. The molecule has 0 saturated carbocycles. The number of nitrogens with zero attached hydrogens (tertiary/aromatic N) is 3. The molecule has 1 fully saturated rings. The minimum atomic E-state index is -0.754. The Morgan fingerprint density at radius 1 is 0.612 bits per heavy atom. The summed E-state index contributed by atoms with van der Waals surface area (Å²) in [4.78, 5) is 73.3. The Balaban J connectivity index is 1.50. The lowest BCUT2D eigenvalue weighted by Gasteiger charge is -2.27. The molecular weight excluding hydrogens is 923 g/mol. The summed E-state index contributed by atoms with van der Waals surface area (Å²) in [6.07, 6.45) is 9.48. The van der Waals surface area contributed by atoms with Crippen molar-refractivity contribution in [1.29, 1.82) is 5.26 Å². The van der Waals surface area contributed by atoms with Crippen molar-refractivity contribution in [2.45, 2.75) is 151 Å². The maximum absolute atomic E-state index is 14.7. The summed E-state index contributed by atoms with van der Waals surface area (Å²) in [7, 11) is 0. The molecule has 356 valence electrons. The fraction of sp³-hybridized carbons (Fsp3) is 0.462. The highest BCUT2D eigenvalue weighted by Gasteiger charge is 2.47. The monoisotopic (exact) mass is 983 g/mol. The topological polar surface area (TPSA) is 143 Å². The minimum absolute atomic E-state index is 0.0451. The van der Waals surface area contributed by atoms with Crippen LogP contribution < -0.4 is 9.47 Å². The Labute approximate surface area is 412 Å². The highest BCUT2D eigenvalue weighted by molar-refractivity contribution is 8.26. The van der Waals surface area contributed by atoms with Crippen molar-refractivity contribution in [2.75, 3.05) is 6.61 Å². The molecule has 0 N–H and O–H groups in total. The second-order valence-corrected chi connectivity index (χ2v) is 21.5. The molecule has 3 atom stereocenters. The van der Waals surface area contributed by atoms with E-state index < -0.39 is 41.6 Å². The number of amides is 2. The van der Waals surface area contributed by atoms with Crippen LogP contribution in [0.4, 0.5) is 0 Å². The molecule has 0 spiro atoms. The summed E-state index contributed by atoms with van der Waals surface area (Å²) in [5.41, 5.74) is 1.43. The van der Waals surface area contributed by atoms with Crippen molar-refractivity contribution in [2.24, 2.45) is 17.8 Å². The lowest BCUT2D eigenvalue weighted by molar-refractivity contribution is -0.149. The van der Waals surface area contributed by atoms with Crippen LogP contribution in [0.25, 0.3) is 0 Å². The zero-order valence-corrected chi connectivity index (χ0v) is 42.6. The van der Waals surface area contributed by atoms with Crippen LogP contribution in [-0.2, 0) is 41.8 Å². The van der Waals surface area contributed by atoms with Crippen molar-refractivity contribution in [1.82, 2.24) is 10.0 Å². The summed E-state index contributed by atoms with van der Waals surface area (Å²) in [5, 5.41) is 13.4. The number of thioether (sulfide) groups is 4. The minimum Gasteiger partial charge on any atom is -0.461 e. The molecule has 6 rings (SSSR count). The zero-order valence-electron chi connectivity index (χ0n) is 39.4. The normalized spacial score (nSPS) is 15.6. The van der Waals surface area contributed by atoms with Gasteiger partial charge in [0.1, 0.15) is 11.6 Å². The molecule has 67 heavy (non-hydrogen) atoms. The largest absolute Gasteiger partial charge is 0.461 e. The Morgan fingerprint density at radius 2 is 1.04 bits per heavy atom. The third-order valence-electron chi connectivity index (χ3n) is 12.1. The quantitative estimate of drug-likeness (QED) is 0.0293. The molecule has 11 nitrogen and oxygen atoms in total. The van der Waals surface area contributed by atoms with E-state index in [-0.39, 0.29) is 48.3 Å². The third kappa shape index (κ3) is 12.3. The van der Waals surface area contributed by atoms with Crippen LogP contribution in [0.2, 0.25) is 0 Å². The maximum Gasteiger partial charge on any atom is 0.350 e. The summed E-state index contributed by atoms with van der Waals surface area (Å²) in [6, 6.07) is 21.0. The lowest BCUT2D eigenvalue weighted by Crippen LogP contribution is -2.39. The van der Waals surface area contributed by atoms with Crippen LogP contribution in [0.3, 0.4) is 0 Å². The first-order valence-corrected chi connectivity index (χ1v) is 26.9. The van der Waals surface area contributed by atoms with E-state index in [2.05, 4.69) is 33.8 Å². The van der Waals surface area contributed by atoms with Crippen LogP contribution >= 0.6 is 47.0 Å². The SMILES string of the molecule is CCCCC(CC)COC(=O)C(C#N)=C1Sc2c(OC(=O)C(CC)CCCC)c3c(c(OC(=O)C(CC)CCCC)c2S1)SC(=C1C(=O)N(Cc2ccccc2)N(Cc2ccccc2)C1=O)S3. The molecule has 3 aromatic carbocycles. The highest BCUT2D eigenvalue weighted by atomic mass is 32.2. The maximum atomic E-state index is 14.7. The van der Waals surface area contributed by atoms with Crippen molar-refractivity contribution in [3.63, 3.8) is 0 Å². The molecule has 15 heteroatoms. The summed E-state index contributed by atoms with van der Waals surface area (Å²) >= 11 is 4.43. The highest BCUT2D eigenvalue weighted by Crippen LogP contribution is 2.69. The number of hydrazine groups is 1. The lowest BCUT2D eigenvalue weighted by atomic mass is 10.00. The number of hydrogen-bond donors (Lipinski definition) is 0. The van der Waals surface area contributed by atoms with Gasteiger partial charge in [-0.3, -0.25) is 19.2 Å². The Hall–Kier alpha value is -4.62. The van der Waals surface area contributed by atoms with Gasteiger partial charge in [0, 0.05) is 0 Å². The van der Waals surface area contributed by atoms with Crippen molar-refractivity contribution in [3.05, 3.63) is 91.4 Å². The number of rotatable bonds is 23. The Kier molecular flexibility index (Phi) is 19.4. The van der Waals surface area contributed by atoms with Gasteiger partial charge in [-0.2, -0.15) is 5.26 Å². The van der Waals surface area contributed by atoms with Crippen LogP contribution in [0.5, 0.6) is 11.5 Å². The average Bonchev–Trinajstić information content (AvgIpc) is 4.03. The molecule has 3 unspecified atom stereocenters. The van der Waals surface area contributed by atoms with Gasteiger partial charge in [-0.15, -0.1) is 0 Å². The van der Waals surface area contributed by atoms with E-state index >= 15 is 0 Å². The molecule has 2 amide bonds. The van der Waals surface area contributed by atoms with E-state index in [1.54, 1.807) is 0 Å². The van der Waals surface area contributed by atoms with E-state index in [0.717, 1.165) is 110 Å². The van der Waals surface area contributed by atoms with Gasteiger partial charge in [-0.05, 0) is 49.1 Å². The number of esters is 3. The van der Waals surface area contributed by atoms with Crippen LogP contribution in [-0.4, -0.2) is 46.3 Å². The molecule has 1 saturated heterocycles. The molecular formula is C52H61N3O8S4. The summed E-state index contributed by atoms with van der Waals surface area (Å²) in [6.45, 7) is 12.6. The molecule has 3 aliphatic heterocycles. The third-order valence-corrected chi connectivity index (χ3v) is 17.3. The van der Waals surface area contributed by atoms with Crippen molar-refractivity contribution in [3.8, 4) is 17.6 Å². The van der Waals surface area contributed by atoms with Gasteiger partial charge in [-0.25, -0.2) is 14.8 Å². The fourth-order valence-corrected chi connectivity index (χ4v) is 13.4. The van der Waals surface area contributed by atoms with E-state index in [1.165, 1.54) is 10.0 Å². The van der Waals surface area contributed by atoms with Gasteiger partial charge in [0.15, 0.2) is 17.1 Å². The van der Waals surface area contributed by atoms with Crippen LogP contribution in [0.15, 0.2) is 99.9 Å². The van der Waals surface area contributed by atoms with Gasteiger partial charge in [0.05, 0.1) is 59.6 Å². The van der Waals surface area contributed by atoms with Crippen molar-refractivity contribution >= 4 is 76.8 Å². The summed E-state index contributed by atoms with van der Waals surface area (Å²) < 4.78 is 19.4. The van der Waals surface area contributed by atoms with Gasteiger partial charge in [0.2, 0.25) is 0 Å². The molecule has 0 radical (unpaired) electrons. The summed E-state index contributed by atoms with van der Waals surface area (Å²) in [5.74, 6) is -2.97. The molecule has 3 aromatic rings. The first-order valence-electron chi connectivity index (χ1n) is 23.7. The number of carbonyl (C=O) groups is 5. The molecule has 3 aliphatic rings. The molecule has 0 bridgehead atoms. The van der Waals surface area contributed by atoms with Crippen LogP contribution in [0, 0.1) is 29.1 Å². The molecule has 3 heterocycles. The fourth-order valence-electron chi connectivity index (χ4n) is 7.95. The number of hydrogen-bond acceptors (Lipinski definition) is 13. The Morgan fingerprint density at radius 3 is 1.45 bits per heavy atom. The second kappa shape index (κ2) is 25.1. The molecule has 0 aliphatic carbocycles. The second-order valence-electron chi connectivity index (χ2n) is 16.9. The number of carbonyl (C=O) groups excluding carboxylic acids is 5.